The number of thiazole rings is 1. The van der Waals surface area contributed by atoms with Crippen LogP contribution in [-0.2, 0) is 0 Å². The molecule has 3 rings (SSSR count). The number of carbonyl (C=O) groups is 1. The number of nitrogens with zero attached hydrogens (tertiary/aromatic N) is 3. The summed E-state index contributed by atoms with van der Waals surface area (Å²) in [7, 11) is 3.96. The first-order valence-corrected chi connectivity index (χ1v) is 9.72. The number of aromatic nitrogens is 1. The first-order chi connectivity index (χ1) is 12.0. The van der Waals surface area contributed by atoms with Gasteiger partial charge in [-0.2, -0.15) is 0 Å². The number of benzene rings is 2. The third-order valence-corrected chi connectivity index (χ3v) is 5.75. The first kappa shape index (κ1) is 18.3. The Morgan fingerprint density at radius 3 is 2.60 bits per heavy atom. The first-order valence-electron chi connectivity index (χ1n) is 7.73. The number of hydrogen-bond acceptors (Lipinski definition) is 4. The molecule has 7 heteroatoms. The molecule has 0 saturated carbocycles. The van der Waals surface area contributed by atoms with Crippen LogP contribution in [0.2, 0.25) is 5.02 Å². The van der Waals surface area contributed by atoms with E-state index in [0.29, 0.717) is 22.3 Å². The van der Waals surface area contributed by atoms with Crippen molar-refractivity contribution in [3.8, 4) is 0 Å². The smallest absolute Gasteiger partial charge is 0.261 e. The van der Waals surface area contributed by atoms with Crippen molar-refractivity contribution in [2.45, 2.75) is 0 Å². The molecule has 0 radical (unpaired) electrons. The fourth-order valence-electron chi connectivity index (χ4n) is 2.38. The molecule has 0 fully saturated rings. The number of para-hydroxylation sites is 1. The molecule has 1 aromatic heterocycles. The minimum absolute atomic E-state index is 0.0792. The minimum atomic E-state index is -0.0792. The Morgan fingerprint density at radius 1 is 1.16 bits per heavy atom. The Labute approximate surface area is 164 Å². The number of anilines is 1. The molecule has 0 aliphatic rings. The Morgan fingerprint density at radius 2 is 1.92 bits per heavy atom. The van der Waals surface area contributed by atoms with Gasteiger partial charge in [0.2, 0.25) is 0 Å². The van der Waals surface area contributed by atoms with Gasteiger partial charge in [-0.15, -0.1) is 0 Å². The van der Waals surface area contributed by atoms with Crippen molar-refractivity contribution in [3.63, 3.8) is 0 Å². The highest BCUT2D eigenvalue weighted by molar-refractivity contribution is 9.10. The number of likely N-dealkylation sites (N-methyl/N-ethyl adjacent to an activating group) is 1. The zero-order valence-electron chi connectivity index (χ0n) is 13.9. The van der Waals surface area contributed by atoms with Gasteiger partial charge in [0.15, 0.2) is 5.13 Å². The monoisotopic (exact) mass is 437 g/mol. The van der Waals surface area contributed by atoms with Gasteiger partial charge < -0.3 is 4.90 Å². The summed E-state index contributed by atoms with van der Waals surface area (Å²) in [5, 5.41) is 1.26. The van der Waals surface area contributed by atoms with Gasteiger partial charge in [0.1, 0.15) is 5.52 Å². The highest BCUT2D eigenvalue weighted by Crippen LogP contribution is 2.33. The molecule has 25 heavy (non-hydrogen) atoms. The third-order valence-electron chi connectivity index (χ3n) is 3.71. The molecule has 0 atom stereocenters. The summed E-state index contributed by atoms with van der Waals surface area (Å²) in [6.45, 7) is 1.28. The van der Waals surface area contributed by atoms with Gasteiger partial charge in [-0.25, -0.2) is 4.98 Å². The summed E-state index contributed by atoms with van der Waals surface area (Å²) in [4.78, 5) is 21.5. The van der Waals surface area contributed by atoms with Crippen LogP contribution >= 0.6 is 38.9 Å². The molecule has 0 aliphatic carbocycles. The van der Waals surface area contributed by atoms with Crippen LogP contribution in [0.3, 0.4) is 0 Å². The fraction of sp³-hybridized carbons (Fsp3) is 0.222. The Kier molecular flexibility index (Phi) is 5.74. The average Bonchev–Trinajstić information content (AvgIpc) is 3.00. The van der Waals surface area contributed by atoms with E-state index in [-0.39, 0.29) is 5.91 Å². The maximum Gasteiger partial charge on any atom is 0.261 e. The Bertz CT molecular complexity index is 912. The van der Waals surface area contributed by atoms with Gasteiger partial charge in [-0.3, -0.25) is 9.69 Å². The summed E-state index contributed by atoms with van der Waals surface area (Å²) in [6, 6.07) is 13.1. The zero-order valence-corrected chi connectivity index (χ0v) is 17.0. The second kappa shape index (κ2) is 7.83. The summed E-state index contributed by atoms with van der Waals surface area (Å²) >= 11 is 11.2. The predicted octanol–water partition coefficient (Wildman–Crippen LogP) is 4.92. The van der Waals surface area contributed by atoms with Gasteiger partial charge in [-0.05, 0) is 54.3 Å². The number of hydrogen-bond donors (Lipinski definition) is 0. The lowest BCUT2D eigenvalue weighted by atomic mass is 10.2. The van der Waals surface area contributed by atoms with Crippen LogP contribution in [-0.4, -0.2) is 43.0 Å². The molecular formula is C18H17BrClN3OS. The van der Waals surface area contributed by atoms with E-state index in [9.17, 15) is 4.79 Å². The molecule has 0 aliphatic heterocycles. The number of amides is 1. The number of fused-ring (bicyclic) bond motifs is 1. The van der Waals surface area contributed by atoms with E-state index >= 15 is 0 Å². The molecule has 130 valence electrons. The second-order valence-corrected chi connectivity index (χ2v) is 8.09. The van der Waals surface area contributed by atoms with Crippen LogP contribution in [0.25, 0.3) is 10.2 Å². The van der Waals surface area contributed by atoms with Crippen LogP contribution in [0, 0.1) is 0 Å². The van der Waals surface area contributed by atoms with Crippen molar-refractivity contribution in [2.24, 2.45) is 0 Å². The van der Waals surface area contributed by atoms with Crippen molar-refractivity contribution in [1.29, 1.82) is 0 Å². The van der Waals surface area contributed by atoms with Crippen LogP contribution in [0.1, 0.15) is 10.4 Å². The van der Waals surface area contributed by atoms with Crippen LogP contribution in [0.5, 0.6) is 0 Å². The van der Waals surface area contributed by atoms with Crippen molar-refractivity contribution in [3.05, 3.63) is 57.5 Å². The molecule has 1 heterocycles. The van der Waals surface area contributed by atoms with Crippen molar-refractivity contribution in [2.75, 3.05) is 32.1 Å². The standard InChI is InChI=1S/C18H17BrClN3OS/c1-22(2)10-11-23(17(24)12-6-3-4-7-13(12)19)18-21-16-14(20)8-5-9-15(16)25-18/h3-9H,10-11H2,1-2H3. The van der Waals surface area contributed by atoms with Gasteiger partial charge in [-0.1, -0.05) is 41.1 Å². The van der Waals surface area contributed by atoms with E-state index in [1.165, 1.54) is 11.3 Å². The van der Waals surface area contributed by atoms with E-state index in [0.717, 1.165) is 21.2 Å². The molecule has 1 amide bonds. The quantitative estimate of drug-likeness (QED) is 0.567. The number of rotatable bonds is 5. The molecule has 4 nitrogen and oxygen atoms in total. The van der Waals surface area contributed by atoms with Gasteiger partial charge in [0.05, 0.1) is 15.3 Å². The molecule has 0 spiro atoms. The van der Waals surface area contributed by atoms with E-state index in [1.807, 2.05) is 61.5 Å². The largest absolute Gasteiger partial charge is 0.308 e. The fourth-order valence-corrected chi connectivity index (χ4v) is 4.13. The normalized spacial score (nSPS) is 11.2. The number of halogens is 2. The molecule has 0 unspecified atom stereocenters. The Hall–Kier alpha value is -1.47. The molecule has 2 aromatic carbocycles. The maximum absolute atomic E-state index is 13.2. The second-order valence-electron chi connectivity index (χ2n) is 5.82. The molecular weight excluding hydrogens is 422 g/mol. The average molecular weight is 439 g/mol. The summed E-state index contributed by atoms with van der Waals surface area (Å²) in [5.41, 5.74) is 1.35. The van der Waals surface area contributed by atoms with Crippen molar-refractivity contribution in [1.82, 2.24) is 9.88 Å². The minimum Gasteiger partial charge on any atom is -0.308 e. The Balaban J connectivity index is 2.03. The van der Waals surface area contributed by atoms with Crippen molar-refractivity contribution >= 4 is 60.1 Å². The van der Waals surface area contributed by atoms with Crippen molar-refractivity contribution < 1.29 is 4.79 Å². The summed E-state index contributed by atoms with van der Waals surface area (Å²) in [6.07, 6.45) is 0. The zero-order chi connectivity index (χ0) is 18.0. The van der Waals surface area contributed by atoms with E-state index < -0.39 is 0 Å². The van der Waals surface area contributed by atoms with Crippen LogP contribution in [0.15, 0.2) is 46.9 Å². The number of carbonyl (C=O) groups excluding carboxylic acids is 1. The maximum atomic E-state index is 13.2. The molecule has 0 N–H and O–H groups in total. The van der Waals surface area contributed by atoms with Gasteiger partial charge >= 0.3 is 0 Å². The van der Waals surface area contributed by atoms with E-state index in [4.69, 9.17) is 11.6 Å². The van der Waals surface area contributed by atoms with Crippen LogP contribution < -0.4 is 4.90 Å². The lowest BCUT2D eigenvalue weighted by Crippen LogP contribution is -2.36. The lowest BCUT2D eigenvalue weighted by Gasteiger charge is -2.22. The van der Waals surface area contributed by atoms with Crippen LogP contribution in [0.4, 0.5) is 5.13 Å². The highest BCUT2D eigenvalue weighted by Gasteiger charge is 2.23. The lowest BCUT2D eigenvalue weighted by molar-refractivity contribution is 0.0984. The topological polar surface area (TPSA) is 36.4 Å². The predicted molar refractivity (Wildman–Crippen MR) is 109 cm³/mol. The van der Waals surface area contributed by atoms with Gasteiger partial charge in [0.25, 0.3) is 5.91 Å². The summed E-state index contributed by atoms with van der Waals surface area (Å²) < 4.78 is 1.74. The van der Waals surface area contributed by atoms with E-state index in [1.54, 1.807) is 4.90 Å². The molecule has 3 aromatic rings. The van der Waals surface area contributed by atoms with E-state index in [2.05, 4.69) is 20.9 Å². The highest BCUT2D eigenvalue weighted by atomic mass is 79.9. The third kappa shape index (κ3) is 4.03. The molecule has 0 saturated heterocycles. The molecule has 0 bridgehead atoms. The van der Waals surface area contributed by atoms with Gasteiger partial charge in [0, 0.05) is 17.6 Å². The summed E-state index contributed by atoms with van der Waals surface area (Å²) in [5.74, 6) is -0.0792. The SMILES string of the molecule is CN(C)CCN(C(=O)c1ccccc1Br)c1nc2c(Cl)cccc2s1.